The summed E-state index contributed by atoms with van der Waals surface area (Å²) in [6.45, 7) is 2.44. The Labute approximate surface area is 356 Å². The Morgan fingerprint density at radius 1 is 0.714 bits per heavy atom. The first-order valence-electron chi connectivity index (χ1n) is 19.4. The predicted molar refractivity (Wildman–Crippen MR) is 227 cm³/mol. The number of hydrogen-bond donors (Lipinski definition) is 10. The van der Waals surface area contributed by atoms with Crippen LogP contribution in [-0.2, 0) is 32.2 Å². The molecule has 6 rings (SSSR count). The van der Waals surface area contributed by atoms with E-state index < -0.39 is 34.9 Å². The molecular formula is C39H43N15O9. The molecule has 0 radical (unpaired) electrons. The van der Waals surface area contributed by atoms with Gasteiger partial charge < -0.3 is 47.3 Å². The largest absolute Gasteiger partial charge is 0.480 e. The van der Waals surface area contributed by atoms with E-state index in [2.05, 4.69) is 66.5 Å². The number of nitrogens with one attached hydrogen (secondary N) is 7. The van der Waals surface area contributed by atoms with Gasteiger partial charge in [-0.15, -0.1) is 0 Å². The first kappa shape index (κ1) is 44.6. The number of rotatable bonds is 23. The van der Waals surface area contributed by atoms with E-state index in [-0.39, 0.29) is 84.8 Å². The van der Waals surface area contributed by atoms with E-state index in [1.54, 1.807) is 36.4 Å². The van der Waals surface area contributed by atoms with Gasteiger partial charge in [0, 0.05) is 42.0 Å². The molecule has 0 aliphatic rings. The highest BCUT2D eigenvalue weighted by molar-refractivity contribution is 5.97. The van der Waals surface area contributed by atoms with Crippen LogP contribution in [0, 0.1) is 0 Å². The van der Waals surface area contributed by atoms with Gasteiger partial charge >= 0.3 is 5.97 Å². The summed E-state index contributed by atoms with van der Waals surface area (Å²) in [6.07, 6.45) is 2.62. The van der Waals surface area contributed by atoms with Gasteiger partial charge in [-0.25, -0.2) is 24.7 Å². The highest BCUT2D eigenvalue weighted by atomic mass is 16.5. The molecule has 4 aromatic heterocycles. The third-order valence-electron chi connectivity index (χ3n) is 8.90. The Morgan fingerprint density at radius 3 is 1.75 bits per heavy atom. The van der Waals surface area contributed by atoms with Crippen LogP contribution in [0.15, 0.2) is 70.5 Å². The number of carboxylic acid groups (broad SMARTS) is 1. The van der Waals surface area contributed by atoms with Crippen LogP contribution in [0.1, 0.15) is 44.9 Å². The van der Waals surface area contributed by atoms with Crippen molar-refractivity contribution in [1.29, 1.82) is 0 Å². The number of carbonyl (C=O) groups is 4. The number of nitrogens with zero attached hydrogens (tertiary/aromatic N) is 6. The van der Waals surface area contributed by atoms with Gasteiger partial charge in [0.2, 0.25) is 23.7 Å². The number of amides is 3. The van der Waals surface area contributed by atoms with Crippen molar-refractivity contribution in [2.75, 3.05) is 55.5 Å². The van der Waals surface area contributed by atoms with E-state index in [0.29, 0.717) is 54.7 Å². The lowest BCUT2D eigenvalue weighted by atomic mass is 10.1. The van der Waals surface area contributed by atoms with Crippen LogP contribution < -0.4 is 49.2 Å². The van der Waals surface area contributed by atoms with Crippen LogP contribution in [0.4, 0.5) is 23.3 Å². The molecule has 6 aromatic rings. The minimum atomic E-state index is -1.30. The first-order valence-corrected chi connectivity index (χ1v) is 19.4. The highest BCUT2D eigenvalue weighted by Gasteiger charge is 2.22. The van der Waals surface area contributed by atoms with Gasteiger partial charge in [0.15, 0.2) is 22.3 Å². The van der Waals surface area contributed by atoms with E-state index in [1.807, 2.05) is 0 Å². The van der Waals surface area contributed by atoms with Crippen molar-refractivity contribution in [2.45, 2.75) is 32.0 Å². The summed E-state index contributed by atoms with van der Waals surface area (Å²) in [6, 6.07) is 11.4. The maximum Gasteiger partial charge on any atom is 0.326 e. The molecule has 3 amide bonds. The van der Waals surface area contributed by atoms with Crippen LogP contribution in [0.25, 0.3) is 22.3 Å². The van der Waals surface area contributed by atoms with Crippen molar-refractivity contribution < 1.29 is 33.8 Å². The quantitative estimate of drug-likeness (QED) is 0.0375. The average molecular weight is 866 g/mol. The molecule has 0 unspecified atom stereocenters. The number of primary amides is 1. The van der Waals surface area contributed by atoms with Crippen molar-refractivity contribution in [2.24, 2.45) is 11.5 Å². The Balaban J connectivity index is 0.982. The predicted octanol–water partition coefficient (Wildman–Crippen LogP) is -0.122. The van der Waals surface area contributed by atoms with Gasteiger partial charge in [0.1, 0.15) is 6.04 Å². The monoisotopic (exact) mass is 865 g/mol. The molecule has 0 saturated carbocycles. The molecule has 1 atom stereocenters. The molecule has 328 valence electrons. The van der Waals surface area contributed by atoms with Crippen molar-refractivity contribution in [3.63, 3.8) is 0 Å². The number of carboxylic acids is 1. The lowest BCUT2D eigenvalue weighted by molar-refractivity contribution is -0.139. The number of aromatic amines is 2. The van der Waals surface area contributed by atoms with Gasteiger partial charge in [-0.2, -0.15) is 9.97 Å². The summed E-state index contributed by atoms with van der Waals surface area (Å²) in [4.78, 5) is 105. The SMILES string of the molecule is NCCOCCOCCNC(=O)CC[C@H](NC(=O)c1ccc(NCc2cnc3nc(Nc4nc5ncc(CNc6ccc(C(N)=O)cc6)nc5c(=O)[nH]4)[nH]c(=O)c3n2)cc1)C(=O)O. The fourth-order valence-corrected chi connectivity index (χ4v) is 5.72. The number of anilines is 4. The fraction of sp³-hybridized carbons (Fsp3) is 0.282. The van der Waals surface area contributed by atoms with Crippen LogP contribution in [0.3, 0.4) is 0 Å². The topological polar surface area (TPSA) is 362 Å². The Morgan fingerprint density at radius 2 is 1.24 bits per heavy atom. The van der Waals surface area contributed by atoms with E-state index in [9.17, 15) is 33.9 Å². The van der Waals surface area contributed by atoms with E-state index in [0.717, 1.165) is 0 Å². The summed E-state index contributed by atoms with van der Waals surface area (Å²) in [5.74, 6) is -2.98. The third kappa shape index (κ3) is 12.8. The van der Waals surface area contributed by atoms with Gasteiger partial charge in [0.05, 0.1) is 63.3 Å². The number of H-pyrrole nitrogens is 2. The van der Waals surface area contributed by atoms with Gasteiger partial charge in [-0.05, 0) is 55.0 Å². The van der Waals surface area contributed by atoms with Crippen molar-refractivity contribution in [3.8, 4) is 0 Å². The molecular weight excluding hydrogens is 823 g/mol. The molecule has 0 fully saturated rings. The molecule has 2 aromatic carbocycles. The summed E-state index contributed by atoms with van der Waals surface area (Å²) < 4.78 is 10.5. The minimum absolute atomic E-state index is 0.0100. The lowest BCUT2D eigenvalue weighted by Gasteiger charge is -2.15. The van der Waals surface area contributed by atoms with Crippen LogP contribution in [-0.4, -0.2) is 114 Å². The third-order valence-corrected chi connectivity index (χ3v) is 8.90. The van der Waals surface area contributed by atoms with E-state index in [1.165, 1.54) is 24.5 Å². The molecule has 4 heterocycles. The molecule has 12 N–H and O–H groups in total. The number of fused-ring (bicyclic) bond motifs is 2. The van der Waals surface area contributed by atoms with E-state index >= 15 is 0 Å². The Bertz CT molecular complexity index is 2690. The molecule has 0 saturated heterocycles. The zero-order chi connectivity index (χ0) is 44.7. The summed E-state index contributed by atoms with van der Waals surface area (Å²) in [7, 11) is 0. The molecule has 24 nitrogen and oxygen atoms in total. The standard InChI is InChI=1S/C39H43N15O9/c40-11-13-62-15-16-63-14-12-42-28(55)10-9-27(37(60)61)49-34(57)22-3-7-24(8-4-22)44-18-26-20-46-33-30(48-26)36(59)53-39(51-33)54-38-50-32-29(35(58)52-38)47-25(19-45-32)17-43-23-5-1-21(2-6-23)31(41)56/h1-8,19-20,27,43-44H,9-18,40H2,(H2,41,56)(H,42,55)(H,49,57)(H,60,61)(H3,45,46,50,51,52,53,54,58,59)/t27-/m0/s1. The van der Waals surface area contributed by atoms with Gasteiger partial charge in [-0.3, -0.25) is 39.3 Å². The molecule has 0 spiro atoms. The van der Waals surface area contributed by atoms with Crippen LogP contribution in [0.5, 0.6) is 0 Å². The van der Waals surface area contributed by atoms with Gasteiger partial charge in [0.25, 0.3) is 17.0 Å². The van der Waals surface area contributed by atoms with Crippen molar-refractivity contribution in [3.05, 3.63) is 104 Å². The Hall–Kier alpha value is -7.96. The number of carbonyl (C=O) groups excluding carboxylic acids is 3. The number of aromatic nitrogens is 8. The van der Waals surface area contributed by atoms with Crippen molar-refractivity contribution in [1.82, 2.24) is 50.5 Å². The average Bonchev–Trinajstić information content (AvgIpc) is 3.27. The summed E-state index contributed by atoms with van der Waals surface area (Å²) >= 11 is 0. The smallest absolute Gasteiger partial charge is 0.326 e. The second-order valence-electron chi connectivity index (χ2n) is 13.5. The van der Waals surface area contributed by atoms with Crippen LogP contribution in [0.2, 0.25) is 0 Å². The minimum Gasteiger partial charge on any atom is -0.480 e. The zero-order valence-electron chi connectivity index (χ0n) is 33.5. The number of benzene rings is 2. The number of nitrogens with two attached hydrogens (primary N) is 2. The number of aliphatic carboxylic acids is 1. The molecule has 0 aliphatic carbocycles. The zero-order valence-corrected chi connectivity index (χ0v) is 33.5. The fourth-order valence-electron chi connectivity index (χ4n) is 5.72. The summed E-state index contributed by atoms with van der Waals surface area (Å²) in [5.41, 5.74) is 12.1. The molecule has 63 heavy (non-hydrogen) atoms. The highest BCUT2D eigenvalue weighted by Crippen LogP contribution is 2.15. The lowest BCUT2D eigenvalue weighted by Crippen LogP contribution is -2.41. The van der Waals surface area contributed by atoms with Crippen LogP contribution >= 0.6 is 0 Å². The van der Waals surface area contributed by atoms with Crippen molar-refractivity contribution >= 4 is 69.3 Å². The number of ether oxygens (including phenoxy) is 2. The molecule has 24 heteroatoms. The molecule has 0 aliphatic heterocycles. The van der Waals surface area contributed by atoms with E-state index in [4.69, 9.17) is 20.9 Å². The Kier molecular flexibility index (Phi) is 15.2. The maximum atomic E-state index is 13.0. The number of hydrogen-bond acceptors (Lipinski definition) is 18. The second-order valence-corrected chi connectivity index (χ2v) is 13.5. The molecule has 0 bridgehead atoms. The van der Waals surface area contributed by atoms with Gasteiger partial charge in [-0.1, -0.05) is 0 Å². The maximum absolute atomic E-state index is 13.0. The second kappa shape index (κ2) is 21.5. The normalized spacial score (nSPS) is 11.5. The summed E-state index contributed by atoms with van der Waals surface area (Å²) in [5, 5.41) is 23.7. The first-order chi connectivity index (χ1) is 30.4.